The van der Waals surface area contributed by atoms with Gasteiger partial charge in [0, 0.05) is 17.7 Å². The molecule has 1 N–H and O–H groups in total. The molecule has 142 valence electrons. The molecule has 3 aromatic carbocycles. The number of rotatable bonds is 7. The third kappa shape index (κ3) is 4.70. The topological polar surface area (TPSA) is 81.5 Å². The van der Waals surface area contributed by atoms with Crippen LogP contribution in [0.2, 0.25) is 0 Å². The Hall–Kier alpha value is -3.74. The van der Waals surface area contributed by atoms with Crippen LogP contribution >= 0.6 is 0 Å². The number of halogens is 1. The van der Waals surface area contributed by atoms with Gasteiger partial charge in [-0.1, -0.05) is 48.5 Å². The number of anilines is 1. The zero-order chi connectivity index (χ0) is 19.9. The number of carbonyl (C=O) groups is 1. The number of hydrogen-bond acceptors (Lipinski definition) is 4. The average molecular weight is 380 g/mol. The van der Waals surface area contributed by atoms with E-state index >= 15 is 0 Å². The zero-order valence-corrected chi connectivity index (χ0v) is 14.8. The van der Waals surface area contributed by atoms with Gasteiger partial charge >= 0.3 is 0 Å². The number of benzene rings is 3. The van der Waals surface area contributed by atoms with E-state index in [1.807, 2.05) is 48.5 Å². The number of hydrogen-bond donors (Lipinski definition) is 1. The van der Waals surface area contributed by atoms with Crippen molar-refractivity contribution in [2.45, 2.75) is 6.42 Å². The summed E-state index contributed by atoms with van der Waals surface area (Å²) in [7, 11) is 0. The van der Waals surface area contributed by atoms with Crippen molar-refractivity contribution in [1.29, 1.82) is 0 Å². The van der Waals surface area contributed by atoms with Crippen molar-refractivity contribution in [2.24, 2.45) is 0 Å². The molecule has 0 radical (unpaired) electrons. The van der Waals surface area contributed by atoms with E-state index in [4.69, 9.17) is 4.74 Å². The van der Waals surface area contributed by atoms with Gasteiger partial charge in [0.2, 0.25) is 5.91 Å². The molecule has 7 heteroatoms. The Morgan fingerprint density at radius 2 is 1.75 bits per heavy atom. The molecule has 0 spiro atoms. The van der Waals surface area contributed by atoms with Gasteiger partial charge in [0.15, 0.2) is 0 Å². The number of nitrogens with one attached hydrogen (secondary N) is 1. The number of ether oxygens (including phenoxy) is 1. The van der Waals surface area contributed by atoms with Crippen LogP contribution in [0.5, 0.6) is 5.75 Å². The van der Waals surface area contributed by atoms with E-state index < -0.39 is 16.6 Å². The molecule has 1 amide bonds. The van der Waals surface area contributed by atoms with Crippen LogP contribution in [0.25, 0.3) is 11.1 Å². The van der Waals surface area contributed by atoms with E-state index in [2.05, 4.69) is 5.32 Å². The molecule has 0 aliphatic heterocycles. The highest BCUT2D eigenvalue weighted by Crippen LogP contribution is 2.29. The van der Waals surface area contributed by atoms with E-state index in [1.165, 1.54) is 0 Å². The van der Waals surface area contributed by atoms with Gasteiger partial charge in [0.05, 0.1) is 23.6 Å². The van der Waals surface area contributed by atoms with Gasteiger partial charge in [-0.05, 0) is 17.7 Å². The monoisotopic (exact) mass is 380 g/mol. The van der Waals surface area contributed by atoms with Crippen LogP contribution in [0.3, 0.4) is 0 Å². The number of nitro groups is 1. The van der Waals surface area contributed by atoms with Gasteiger partial charge in [0.25, 0.3) is 5.69 Å². The molecule has 3 aromatic rings. The summed E-state index contributed by atoms with van der Waals surface area (Å²) in [6.07, 6.45) is -0.0365. The summed E-state index contributed by atoms with van der Waals surface area (Å²) in [4.78, 5) is 22.2. The molecule has 0 saturated heterocycles. The average Bonchev–Trinajstić information content (AvgIpc) is 2.70. The second-order valence-electron chi connectivity index (χ2n) is 5.93. The Morgan fingerprint density at radius 3 is 2.50 bits per heavy atom. The fourth-order valence-electron chi connectivity index (χ4n) is 2.64. The first-order valence-electron chi connectivity index (χ1n) is 8.55. The SMILES string of the molecule is O=C(CCOc1ccccc1-c1ccccc1)Nc1cc([N+](=O)[O-])ccc1F. The van der Waals surface area contributed by atoms with Gasteiger partial charge in [-0.15, -0.1) is 0 Å². The molecule has 0 fully saturated rings. The third-order valence-corrected chi connectivity index (χ3v) is 3.99. The van der Waals surface area contributed by atoms with Crippen molar-refractivity contribution in [2.75, 3.05) is 11.9 Å². The van der Waals surface area contributed by atoms with E-state index in [0.29, 0.717) is 5.75 Å². The summed E-state index contributed by atoms with van der Waals surface area (Å²) < 4.78 is 19.5. The second-order valence-corrected chi connectivity index (χ2v) is 5.93. The molecule has 3 rings (SSSR count). The fourth-order valence-corrected chi connectivity index (χ4v) is 2.64. The summed E-state index contributed by atoms with van der Waals surface area (Å²) in [6, 6.07) is 20.1. The van der Waals surface area contributed by atoms with Gasteiger partial charge in [-0.3, -0.25) is 14.9 Å². The predicted octanol–water partition coefficient (Wildman–Crippen LogP) is 4.81. The van der Waals surface area contributed by atoms with Crippen LogP contribution in [-0.2, 0) is 4.79 Å². The maximum atomic E-state index is 13.8. The lowest BCUT2D eigenvalue weighted by Gasteiger charge is -2.12. The van der Waals surface area contributed by atoms with Gasteiger partial charge in [-0.25, -0.2) is 4.39 Å². The quantitative estimate of drug-likeness (QED) is 0.471. The minimum atomic E-state index is -0.741. The number of amides is 1. The minimum absolute atomic E-state index is 0.0365. The number of nitrogens with zero attached hydrogens (tertiary/aromatic N) is 1. The first-order chi connectivity index (χ1) is 13.5. The van der Waals surface area contributed by atoms with E-state index in [0.717, 1.165) is 29.3 Å². The zero-order valence-electron chi connectivity index (χ0n) is 14.8. The minimum Gasteiger partial charge on any atom is -0.492 e. The van der Waals surface area contributed by atoms with Crippen LogP contribution in [0.4, 0.5) is 15.8 Å². The summed E-state index contributed by atoms with van der Waals surface area (Å²) in [5, 5.41) is 13.1. The number of carbonyl (C=O) groups excluding carboxylic acids is 1. The highest BCUT2D eigenvalue weighted by Gasteiger charge is 2.13. The molecule has 0 bridgehead atoms. The molecule has 6 nitrogen and oxygen atoms in total. The normalized spacial score (nSPS) is 10.3. The number of nitro benzene ring substituents is 1. The van der Waals surface area contributed by atoms with Crippen molar-refractivity contribution in [3.63, 3.8) is 0 Å². The van der Waals surface area contributed by atoms with Crippen molar-refractivity contribution < 1.29 is 18.8 Å². The lowest BCUT2D eigenvalue weighted by molar-refractivity contribution is -0.384. The van der Waals surface area contributed by atoms with Crippen LogP contribution in [0.1, 0.15) is 6.42 Å². The molecular formula is C21H17FN2O4. The Kier molecular flexibility index (Phi) is 5.96. The summed E-state index contributed by atoms with van der Waals surface area (Å²) in [5.74, 6) is -0.617. The van der Waals surface area contributed by atoms with Crippen LogP contribution < -0.4 is 10.1 Å². The van der Waals surface area contributed by atoms with Crippen LogP contribution in [0, 0.1) is 15.9 Å². The lowest BCUT2D eigenvalue weighted by atomic mass is 10.1. The maximum Gasteiger partial charge on any atom is 0.271 e. The Bertz CT molecular complexity index is 993. The predicted molar refractivity (Wildman–Crippen MR) is 104 cm³/mol. The summed E-state index contributed by atoms with van der Waals surface area (Å²) in [5.41, 5.74) is 1.35. The maximum absolute atomic E-state index is 13.8. The van der Waals surface area contributed by atoms with E-state index in [1.54, 1.807) is 6.07 Å². The molecule has 0 aliphatic carbocycles. The highest BCUT2D eigenvalue weighted by atomic mass is 19.1. The van der Waals surface area contributed by atoms with Gasteiger partial charge in [-0.2, -0.15) is 0 Å². The first-order valence-corrected chi connectivity index (χ1v) is 8.55. The summed E-state index contributed by atoms with van der Waals surface area (Å²) >= 11 is 0. The smallest absolute Gasteiger partial charge is 0.271 e. The molecule has 0 saturated carbocycles. The van der Waals surface area contributed by atoms with E-state index in [-0.39, 0.29) is 24.4 Å². The molecule has 0 heterocycles. The lowest BCUT2D eigenvalue weighted by Crippen LogP contribution is -2.16. The molecule has 28 heavy (non-hydrogen) atoms. The van der Waals surface area contributed by atoms with Crippen LogP contribution in [0.15, 0.2) is 72.8 Å². The largest absolute Gasteiger partial charge is 0.492 e. The van der Waals surface area contributed by atoms with Gasteiger partial charge in [0.1, 0.15) is 11.6 Å². The molecule has 0 aliphatic rings. The first kappa shape index (κ1) is 19.0. The summed E-state index contributed by atoms with van der Waals surface area (Å²) in [6.45, 7) is 0.0756. The second kappa shape index (κ2) is 8.77. The number of para-hydroxylation sites is 1. The van der Waals surface area contributed by atoms with Crippen LogP contribution in [-0.4, -0.2) is 17.4 Å². The Labute approximate surface area is 160 Å². The molecular weight excluding hydrogens is 363 g/mol. The molecule has 0 aromatic heterocycles. The Morgan fingerprint density at radius 1 is 1.04 bits per heavy atom. The molecule has 0 unspecified atom stereocenters. The van der Waals surface area contributed by atoms with Crippen molar-refractivity contribution in [3.05, 3.63) is 88.7 Å². The molecule has 0 atom stereocenters. The third-order valence-electron chi connectivity index (χ3n) is 3.99. The fraction of sp³-hybridized carbons (Fsp3) is 0.0952. The van der Waals surface area contributed by atoms with Crippen molar-refractivity contribution >= 4 is 17.3 Å². The van der Waals surface area contributed by atoms with Crippen molar-refractivity contribution in [3.8, 4) is 16.9 Å². The van der Waals surface area contributed by atoms with E-state index in [9.17, 15) is 19.3 Å². The number of non-ortho nitro benzene ring substituents is 1. The Balaban J connectivity index is 1.61. The standard InChI is InChI=1S/C21H17FN2O4/c22-18-11-10-16(24(26)27)14-19(18)23-21(25)12-13-28-20-9-5-4-8-17(20)15-6-2-1-3-7-15/h1-11,14H,12-13H2,(H,23,25). The highest BCUT2D eigenvalue weighted by molar-refractivity contribution is 5.91. The van der Waals surface area contributed by atoms with Gasteiger partial charge < -0.3 is 10.1 Å². The van der Waals surface area contributed by atoms with Crippen molar-refractivity contribution in [1.82, 2.24) is 0 Å².